The number of pyridine rings is 1. The Hall–Kier alpha value is -3.35. The maximum Gasteiger partial charge on any atom is 0.491 e. The zero-order valence-corrected chi connectivity index (χ0v) is 16.1. The summed E-state index contributed by atoms with van der Waals surface area (Å²) in [7, 11) is -1.49. The van der Waals surface area contributed by atoms with E-state index in [1.807, 2.05) is 6.07 Å². The lowest BCUT2D eigenvalue weighted by Crippen LogP contribution is -2.43. The SMILES string of the molecule is N#Cc1ccc(C2Cc3ccc(C(F)(F)F)cc3B(O)O2)cc1OCc1cccnc1. The molecule has 0 saturated heterocycles. The molecule has 0 spiro atoms. The zero-order chi connectivity index (χ0) is 22.0. The molecular weight excluding hydrogens is 408 g/mol. The normalized spacial score (nSPS) is 15.8. The third-order valence-corrected chi connectivity index (χ3v) is 5.05. The molecule has 0 saturated carbocycles. The summed E-state index contributed by atoms with van der Waals surface area (Å²) < 4.78 is 50.3. The van der Waals surface area contributed by atoms with Gasteiger partial charge in [-0.1, -0.05) is 18.2 Å². The van der Waals surface area contributed by atoms with E-state index in [1.54, 1.807) is 36.7 Å². The smallest absolute Gasteiger partial charge is 0.487 e. The van der Waals surface area contributed by atoms with E-state index in [9.17, 15) is 23.5 Å². The van der Waals surface area contributed by atoms with E-state index in [4.69, 9.17) is 9.39 Å². The molecule has 1 aromatic heterocycles. The number of benzene rings is 2. The van der Waals surface area contributed by atoms with Crippen LogP contribution in [0, 0.1) is 11.3 Å². The van der Waals surface area contributed by atoms with Gasteiger partial charge in [0.1, 0.15) is 18.4 Å². The maximum atomic E-state index is 13.0. The Morgan fingerprint density at radius 1 is 1.23 bits per heavy atom. The lowest BCUT2D eigenvalue weighted by atomic mass is 9.71. The number of alkyl halides is 3. The first kappa shape index (κ1) is 20.9. The molecule has 0 aliphatic carbocycles. The first-order valence-electron chi connectivity index (χ1n) is 9.44. The molecule has 0 bridgehead atoms. The van der Waals surface area contributed by atoms with Crippen LogP contribution < -0.4 is 10.2 Å². The Morgan fingerprint density at radius 2 is 2.06 bits per heavy atom. The first-order chi connectivity index (χ1) is 14.8. The number of halogens is 3. The predicted molar refractivity (Wildman–Crippen MR) is 106 cm³/mol. The lowest BCUT2D eigenvalue weighted by molar-refractivity contribution is -0.137. The quantitative estimate of drug-likeness (QED) is 0.649. The number of ether oxygens (including phenoxy) is 1. The van der Waals surface area contributed by atoms with E-state index < -0.39 is 25.0 Å². The van der Waals surface area contributed by atoms with Crippen LogP contribution in [0.2, 0.25) is 0 Å². The number of hydrogen-bond donors (Lipinski definition) is 1. The molecule has 2 heterocycles. The molecule has 1 unspecified atom stereocenters. The molecule has 0 fully saturated rings. The van der Waals surface area contributed by atoms with E-state index >= 15 is 0 Å². The van der Waals surface area contributed by atoms with Crippen LogP contribution in [0.4, 0.5) is 13.2 Å². The van der Waals surface area contributed by atoms with Crippen LogP contribution in [0.15, 0.2) is 60.9 Å². The van der Waals surface area contributed by atoms with Crippen LogP contribution in [0.25, 0.3) is 0 Å². The molecule has 9 heteroatoms. The van der Waals surface area contributed by atoms with Crippen molar-refractivity contribution in [3.05, 3.63) is 88.7 Å². The minimum absolute atomic E-state index is 0.104. The van der Waals surface area contributed by atoms with Crippen LogP contribution in [-0.4, -0.2) is 17.1 Å². The summed E-state index contributed by atoms with van der Waals surface area (Å²) in [6.45, 7) is 0.211. The molecule has 1 aliphatic rings. The summed E-state index contributed by atoms with van der Waals surface area (Å²) in [5, 5.41) is 19.7. The van der Waals surface area contributed by atoms with Gasteiger partial charge in [0, 0.05) is 24.4 Å². The zero-order valence-electron chi connectivity index (χ0n) is 16.1. The van der Waals surface area contributed by atoms with Crippen LogP contribution in [0.5, 0.6) is 5.75 Å². The van der Waals surface area contributed by atoms with Crippen molar-refractivity contribution in [1.29, 1.82) is 5.26 Å². The molecule has 156 valence electrons. The topological polar surface area (TPSA) is 75.4 Å². The van der Waals surface area contributed by atoms with Gasteiger partial charge in [0.05, 0.1) is 17.2 Å². The number of nitriles is 1. The monoisotopic (exact) mass is 424 g/mol. The van der Waals surface area contributed by atoms with Crippen molar-refractivity contribution in [2.45, 2.75) is 25.3 Å². The Kier molecular flexibility index (Phi) is 5.68. The fourth-order valence-electron chi connectivity index (χ4n) is 3.46. The van der Waals surface area contributed by atoms with Crippen molar-refractivity contribution in [3.8, 4) is 11.8 Å². The van der Waals surface area contributed by atoms with E-state index in [1.165, 1.54) is 6.07 Å². The summed E-state index contributed by atoms with van der Waals surface area (Å²) in [6.07, 6.45) is -1.53. The Morgan fingerprint density at radius 3 is 2.77 bits per heavy atom. The van der Waals surface area contributed by atoms with Gasteiger partial charge in [0.2, 0.25) is 0 Å². The van der Waals surface area contributed by atoms with Crippen LogP contribution in [0.3, 0.4) is 0 Å². The number of rotatable bonds is 4. The summed E-state index contributed by atoms with van der Waals surface area (Å²) in [5.41, 5.74) is 1.64. The Balaban J connectivity index is 1.58. The highest BCUT2D eigenvalue weighted by atomic mass is 19.4. The minimum Gasteiger partial charge on any atom is -0.487 e. The molecule has 1 aliphatic heterocycles. The number of nitrogens with zero attached hydrogens (tertiary/aromatic N) is 2. The molecule has 0 amide bonds. The molecular formula is C22H16BF3N2O3. The fourth-order valence-corrected chi connectivity index (χ4v) is 3.46. The summed E-state index contributed by atoms with van der Waals surface area (Å²) in [4.78, 5) is 4.02. The molecule has 3 aromatic rings. The predicted octanol–water partition coefficient (Wildman–Crippen LogP) is 3.55. The van der Waals surface area contributed by atoms with Gasteiger partial charge in [-0.05, 0) is 46.9 Å². The highest BCUT2D eigenvalue weighted by Gasteiger charge is 2.36. The van der Waals surface area contributed by atoms with E-state index in [0.29, 0.717) is 22.4 Å². The van der Waals surface area contributed by atoms with Gasteiger partial charge in [0.15, 0.2) is 0 Å². The van der Waals surface area contributed by atoms with Crippen molar-refractivity contribution in [1.82, 2.24) is 4.98 Å². The van der Waals surface area contributed by atoms with Gasteiger partial charge in [-0.25, -0.2) is 0 Å². The molecule has 5 nitrogen and oxygen atoms in total. The van der Waals surface area contributed by atoms with Crippen molar-refractivity contribution < 1.29 is 27.6 Å². The lowest BCUT2D eigenvalue weighted by Gasteiger charge is -2.28. The molecule has 4 rings (SSSR count). The van der Waals surface area contributed by atoms with E-state index in [0.717, 1.165) is 17.7 Å². The molecule has 1 atom stereocenters. The standard InChI is InChI=1S/C22H16BF3N2O3/c24-22(25,26)18-6-5-15-8-21(31-23(29)19(15)10-18)16-3-4-17(11-27)20(9-16)30-13-14-2-1-7-28-12-14/h1-7,9-10,12,21,29H,8,13H2. The second kappa shape index (κ2) is 8.42. The van der Waals surface area contributed by atoms with E-state index in [-0.39, 0.29) is 18.5 Å². The molecule has 0 radical (unpaired) electrons. The number of hydrogen-bond acceptors (Lipinski definition) is 5. The number of fused-ring (bicyclic) bond motifs is 1. The molecule has 31 heavy (non-hydrogen) atoms. The Labute approximate surface area is 176 Å². The van der Waals surface area contributed by atoms with Crippen molar-refractivity contribution >= 4 is 12.6 Å². The van der Waals surface area contributed by atoms with Gasteiger partial charge in [0.25, 0.3) is 0 Å². The van der Waals surface area contributed by atoms with Crippen molar-refractivity contribution in [2.24, 2.45) is 0 Å². The minimum atomic E-state index is -4.50. The van der Waals surface area contributed by atoms with Gasteiger partial charge in [-0.2, -0.15) is 18.4 Å². The highest BCUT2D eigenvalue weighted by molar-refractivity contribution is 6.61. The van der Waals surface area contributed by atoms with Gasteiger partial charge in [-0.3, -0.25) is 4.98 Å². The summed E-state index contributed by atoms with van der Waals surface area (Å²) in [6, 6.07) is 13.9. The largest absolute Gasteiger partial charge is 0.491 e. The third-order valence-electron chi connectivity index (χ3n) is 5.05. The van der Waals surface area contributed by atoms with Crippen LogP contribution in [-0.2, 0) is 23.9 Å². The average molecular weight is 424 g/mol. The van der Waals surface area contributed by atoms with Crippen molar-refractivity contribution in [3.63, 3.8) is 0 Å². The summed E-state index contributed by atoms with van der Waals surface area (Å²) >= 11 is 0. The second-order valence-electron chi connectivity index (χ2n) is 7.11. The highest BCUT2D eigenvalue weighted by Crippen LogP contribution is 2.33. The third kappa shape index (κ3) is 4.55. The van der Waals surface area contributed by atoms with Gasteiger partial charge >= 0.3 is 13.3 Å². The maximum absolute atomic E-state index is 13.0. The van der Waals surface area contributed by atoms with Crippen LogP contribution >= 0.6 is 0 Å². The second-order valence-corrected chi connectivity index (χ2v) is 7.11. The van der Waals surface area contributed by atoms with Crippen LogP contribution in [0.1, 0.15) is 33.9 Å². The average Bonchev–Trinajstić information content (AvgIpc) is 2.77. The van der Waals surface area contributed by atoms with E-state index in [2.05, 4.69) is 11.1 Å². The Bertz CT molecular complexity index is 1130. The first-order valence-corrected chi connectivity index (χ1v) is 9.44. The fraction of sp³-hybridized carbons (Fsp3) is 0.182. The number of aromatic nitrogens is 1. The van der Waals surface area contributed by atoms with Gasteiger partial charge < -0.3 is 14.4 Å². The summed E-state index contributed by atoms with van der Waals surface area (Å²) in [5.74, 6) is 0.347. The van der Waals surface area contributed by atoms with Crippen molar-refractivity contribution in [2.75, 3.05) is 0 Å². The molecule has 1 N–H and O–H groups in total. The molecule has 2 aromatic carbocycles. The van der Waals surface area contributed by atoms with Gasteiger partial charge in [-0.15, -0.1) is 0 Å².